The third kappa shape index (κ3) is 1.42. The highest BCUT2D eigenvalue weighted by Crippen LogP contribution is 1.81. The van der Waals surface area contributed by atoms with Crippen LogP contribution >= 0.6 is 0 Å². The van der Waals surface area contributed by atoms with Crippen LogP contribution in [0, 0.1) is 5.21 Å². The molecule has 11 nitrogen and oxygen atoms in total. The summed E-state index contributed by atoms with van der Waals surface area (Å²) in [6.07, 6.45) is 2.23. The van der Waals surface area contributed by atoms with E-state index in [4.69, 9.17) is 0 Å². The summed E-state index contributed by atoms with van der Waals surface area (Å²) >= 11 is 0. The second-order valence-electron chi connectivity index (χ2n) is 1.80. The van der Waals surface area contributed by atoms with Gasteiger partial charge in [0.2, 0.25) is 6.33 Å². The summed E-state index contributed by atoms with van der Waals surface area (Å²) in [5.74, 6) is 0. The van der Waals surface area contributed by atoms with E-state index in [-0.39, 0.29) is 4.97 Å². The molecular formula is C2H2N10O. The zero-order valence-electron chi connectivity index (χ0n) is 6.04. The average Bonchev–Trinajstić information content (AvgIpc) is 2.74. The Bertz CT molecular complexity index is 384. The quantitative estimate of drug-likeness (QED) is 0.294. The van der Waals surface area contributed by atoms with E-state index in [0.29, 0.717) is 0 Å². The Morgan fingerprint density at radius 2 is 1.92 bits per heavy atom. The normalized spacial score (nSPS) is 11.8. The molecule has 2 aromatic heterocycles. The predicted octanol–water partition coefficient (Wildman–Crippen LogP) is -2.15. The highest BCUT2D eigenvalue weighted by molar-refractivity contribution is 4.38. The van der Waals surface area contributed by atoms with E-state index in [0.717, 1.165) is 22.2 Å². The fourth-order valence-electron chi connectivity index (χ4n) is 0.552. The van der Waals surface area contributed by atoms with Gasteiger partial charge >= 0.3 is 0 Å². The molecule has 0 bridgehead atoms. The van der Waals surface area contributed by atoms with E-state index in [1.807, 2.05) is 0 Å². The van der Waals surface area contributed by atoms with Crippen LogP contribution in [0.15, 0.2) is 17.9 Å². The van der Waals surface area contributed by atoms with Crippen molar-refractivity contribution < 1.29 is 4.97 Å². The number of hydrogen-bond donors (Lipinski definition) is 0. The zero-order chi connectivity index (χ0) is 9.10. The van der Waals surface area contributed by atoms with Gasteiger partial charge in [0.1, 0.15) is 5.21 Å². The largest absolute Gasteiger partial charge is 0.704 e. The van der Waals surface area contributed by atoms with Crippen LogP contribution in [0.2, 0.25) is 0 Å². The Morgan fingerprint density at radius 1 is 1.15 bits per heavy atom. The maximum atomic E-state index is 11.0. The van der Waals surface area contributed by atoms with Gasteiger partial charge in [-0.2, -0.15) is 0 Å². The van der Waals surface area contributed by atoms with E-state index in [9.17, 15) is 5.21 Å². The monoisotopic (exact) mass is 182 g/mol. The van der Waals surface area contributed by atoms with Crippen LogP contribution in [0.25, 0.3) is 0 Å². The number of hydrogen-bond acceptors (Lipinski definition) is 8. The van der Waals surface area contributed by atoms with Crippen LogP contribution < -0.4 is 0 Å². The number of aromatic nitrogens is 8. The average molecular weight is 182 g/mol. The molecule has 11 heteroatoms. The topological polar surface area (TPSA) is 126 Å². The fourth-order valence-corrected chi connectivity index (χ4v) is 0.552. The van der Waals surface area contributed by atoms with Gasteiger partial charge in [-0.3, -0.25) is 0 Å². The van der Waals surface area contributed by atoms with Crippen LogP contribution in [-0.4, -0.2) is 45.6 Å². The lowest BCUT2D eigenvalue weighted by Crippen LogP contribution is -2.13. The SMILES string of the molecule is [O-]/[N+](=N\n1cnnn1)n1cnnn1. The van der Waals surface area contributed by atoms with Gasteiger partial charge < -0.3 is 5.21 Å². The minimum Gasteiger partial charge on any atom is -0.704 e. The molecule has 0 aliphatic heterocycles. The summed E-state index contributed by atoms with van der Waals surface area (Å²) in [6.45, 7) is 0. The summed E-state index contributed by atoms with van der Waals surface area (Å²) in [5, 5.41) is 34.0. The first-order valence-electron chi connectivity index (χ1n) is 3.02. The second kappa shape index (κ2) is 2.88. The van der Waals surface area contributed by atoms with Crippen molar-refractivity contribution in [3.05, 3.63) is 17.9 Å². The van der Waals surface area contributed by atoms with E-state index in [2.05, 4.69) is 36.3 Å². The molecule has 0 aromatic carbocycles. The first-order valence-corrected chi connectivity index (χ1v) is 3.02. The molecule has 2 heterocycles. The maximum Gasteiger partial charge on any atom is 0.228 e. The fraction of sp³-hybridized carbons (Fsp3) is 0. The molecule has 0 aliphatic carbocycles. The van der Waals surface area contributed by atoms with Crippen molar-refractivity contribution in [3.63, 3.8) is 0 Å². The lowest BCUT2D eigenvalue weighted by Gasteiger charge is -1.99. The maximum absolute atomic E-state index is 11.0. The molecule has 0 N–H and O–H groups in total. The van der Waals surface area contributed by atoms with Gasteiger partial charge in [0.25, 0.3) is 0 Å². The first-order chi connectivity index (χ1) is 6.36. The van der Waals surface area contributed by atoms with Gasteiger partial charge in [-0.1, -0.05) is 15.2 Å². The molecule has 0 saturated heterocycles. The van der Waals surface area contributed by atoms with Gasteiger partial charge in [-0.05, 0) is 14.8 Å². The van der Waals surface area contributed by atoms with Crippen LogP contribution in [0.3, 0.4) is 0 Å². The van der Waals surface area contributed by atoms with Crippen molar-refractivity contribution in [3.8, 4) is 0 Å². The Hall–Kier alpha value is -2.46. The van der Waals surface area contributed by atoms with Crippen LogP contribution in [-0.2, 0) is 0 Å². The molecule has 13 heavy (non-hydrogen) atoms. The molecular weight excluding hydrogens is 180 g/mol. The predicted molar refractivity (Wildman–Crippen MR) is 32.5 cm³/mol. The van der Waals surface area contributed by atoms with Gasteiger partial charge in [0, 0.05) is 5.21 Å². The van der Waals surface area contributed by atoms with Gasteiger partial charge in [0.15, 0.2) is 6.33 Å². The van der Waals surface area contributed by atoms with E-state index in [1.165, 1.54) is 0 Å². The lowest BCUT2D eigenvalue weighted by atomic mass is 11.4. The van der Waals surface area contributed by atoms with Crippen molar-refractivity contribution in [2.75, 3.05) is 0 Å². The highest BCUT2D eigenvalue weighted by atomic mass is 16.6. The summed E-state index contributed by atoms with van der Waals surface area (Å²) in [4.78, 5) is 1.76. The molecule has 0 aliphatic rings. The molecule has 66 valence electrons. The molecule has 2 aromatic rings. The Morgan fingerprint density at radius 3 is 2.54 bits per heavy atom. The summed E-state index contributed by atoms with van der Waals surface area (Å²) in [5.41, 5.74) is 0. The minimum absolute atomic E-state index is 0.121. The Labute approximate surface area is 69.8 Å². The molecule has 0 amide bonds. The molecule has 0 saturated carbocycles. The van der Waals surface area contributed by atoms with Crippen molar-refractivity contribution in [2.45, 2.75) is 0 Å². The van der Waals surface area contributed by atoms with E-state index in [1.54, 1.807) is 0 Å². The van der Waals surface area contributed by atoms with Crippen molar-refractivity contribution in [2.24, 2.45) is 5.22 Å². The minimum atomic E-state index is 0.121. The first kappa shape index (κ1) is 7.20. The second-order valence-corrected chi connectivity index (χ2v) is 1.80. The van der Waals surface area contributed by atoms with Gasteiger partial charge in [-0.15, -0.1) is 0 Å². The van der Waals surface area contributed by atoms with Crippen molar-refractivity contribution in [1.29, 1.82) is 0 Å². The molecule has 0 radical (unpaired) electrons. The Balaban J connectivity index is 2.27. The van der Waals surface area contributed by atoms with Crippen molar-refractivity contribution >= 4 is 0 Å². The summed E-state index contributed by atoms with van der Waals surface area (Å²) < 4.78 is 0. The number of nitrogens with zero attached hydrogens (tertiary/aromatic N) is 10. The molecule has 2 rings (SSSR count). The van der Waals surface area contributed by atoms with Crippen molar-refractivity contribution in [1.82, 2.24) is 40.6 Å². The molecule has 0 atom stereocenters. The highest BCUT2D eigenvalue weighted by Gasteiger charge is 1.99. The summed E-state index contributed by atoms with van der Waals surface area (Å²) in [6, 6.07) is 0. The smallest absolute Gasteiger partial charge is 0.228 e. The number of rotatable bonds is 2. The van der Waals surface area contributed by atoms with Crippen LogP contribution in [0.4, 0.5) is 0 Å². The lowest BCUT2D eigenvalue weighted by molar-refractivity contribution is -0.603. The van der Waals surface area contributed by atoms with E-state index < -0.39 is 0 Å². The van der Waals surface area contributed by atoms with E-state index >= 15 is 0 Å². The van der Waals surface area contributed by atoms with Crippen LogP contribution in [0.5, 0.6) is 0 Å². The van der Waals surface area contributed by atoms with Crippen LogP contribution in [0.1, 0.15) is 0 Å². The van der Waals surface area contributed by atoms with Gasteiger partial charge in [0.05, 0.1) is 10.4 Å². The third-order valence-electron chi connectivity index (χ3n) is 1.02. The number of tetrazole rings is 2. The molecule has 0 unspecified atom stereocenters. The Kier molecular flexibility index (Phi) is 1.60. The third-order valence-corrected chi connectivity index (χ3v) is 1.02. The molecule has 0 fully saturated rings. The summed E-state index contributed by atoms with van der Waals surface area (Å²) in [7, 11) is 0. The molecule has 0 spiro atoms. The zero-order valence-corrected chi connectivity index (χ0v) is 6.04. The standard InChI is InChI=1S/C2H2N10O/c13-12(11-2-4-6-8-11)9-10-1-3-5-7-10/h1-2H/b12-9-. The van der Waals surface area contributed by atoms with Gasteiger partial charge in [-0.25, -0.2) is 0 Å².